The lowest BCUT2D eigenvalue weighted by Gasteiger charge is -1.95. The topological polar surface area (TPSA) is 63.3 Å². The zero-order valence-corrected chi connectivity index (χ0v) is 8.45. The number of nitrogens with zero attached hydrogens (tertiary/aromatic N) is 4. The lowest BCUT2D eigenvalue weighted by Crippen LogP contribution is -1.96. The van der Waals surface area contributed by atoms with Gasteiger partial charge in [0.05, 0.1) is 6.61 Å². The molecule has 0 bridgehead atoms. The molecule has 0 amide bonds. The van der Waals surface area contributed by atoms with Crippen LogP contribution < -0.4 is 0 Å². The van der Waals surface area contributed by atoms with E-state index < -0.39 is 0 Å². The van der Waals surface area contributed by atoms with Gasteiger partial charge >= 0.3 is 0 Å². The summed E-state index contributed by atoms with van der Waals surface area (Å²) in [6.45, 7) is 1.89. The number of fused-ring (bicyclic) bond motifs is 1. The molecule has 1 radical (unpaired) electrons. The van der Waals surface area contributed by atoms with Crippen molar-refractivity contribution in [2.45, 2.75) is 18.4 Å². The molecule has 0 aliphatic carbocycles. The fourth-order valence-electron chi connectivity index (χ4n) is 1.20. The molecule has 73 valence electrons. The zero-order valence-electron chi connectivity index (χ0n) is 7.64. The van der Waals surface area contributed by atoms with E-state index in [-0.39, 0.29) is 6.61 Å². The molecule has 0 aromatic carbocycles. The Balaban J connectivity index is 2.58. The summed E-state index contributed by atoms with van der Waals surface area (Å²) in [5.41, 5.74) is 0.824. The minimum atomic E-state index is 0.0304. The first-order valence-electron chi connectivity index (χ1n) is 4.22. The second kappa shape index (κ2) is 3.47. The van der Waals surface area contributed by atoms with Crippen LogP contribution in [0.3, 0.4) is 0 Å². The largest absolute Gasteiger partial charge is 0.396 e. The average molecular weight is 209 g/mol. The molecule has 6 heteroatoms. The van der Waals surface area contributed by atoms with Crippen molar-refractivity contribution in [1.29, 1.82) is 0 Å². The van der Waals surface area contributed by atoms with Gasteiger partial charge in [0.25, 0.3) is 5.78 Å². The van der Waals surface area contributed by atoms with Gasteiger partial charge in [-0.2, -0.15) is 9.50 Å². The number of aryl methyl sites for hydroxylation is 1. The molecule has 2 heterocycles. The van der Waals surface area contributed by atoms with Crippen molar-refractivity contribution in [2.24, 2.45) is 0 Å². The van der Waals surface area contributed by atoms with E-state index in [0.717, 1.165) is 5.69 Å². The molecule has 0 aliphatic rings. The van der Waals surface area contributed by atoms with Crippen molar-refractivity contribution in [2.75, 3.05) is 6.61 Å². The first-order chi connectivity index (χ1) is 6.70. The van der Waals surface area contributed by atoms with E-state index in [1.54, 1.807) is 6.07 Å². The fraction of sp³-hybridized carbons (Fsp3) is 0.375. The molecule has 0 saturated heterocycles. The Labute approximate surface area is 86.2 Å². The Morgan fingerprint density at radius 2 is 2.29 bits per heavy atom. The molecule has 0 aliphatic heterocycles. The highest BCUT2D eigenvalue weighted by Gasteiger charge is 2.07. The van der Waals surface area contributed by atoms with E-state index >= 15 is 0 Å². The predicted molar refractivity (Wildman–Crippen MR) is 52.2 cm³/mol. The van der Waals surface area contributed by atoms with E-state index in [1.165, 1.54) is 4.52 Å². The minimum absolute atomic E-state index is 0.0304. The van der Waals surface area contributed by atoms with Crippen LogP contribution in [0.2, 0.25) is 0 Å². The van der Waals surface area contributed by atoms with E-state index in [0.29, 0.717) is 23.0 Å². The number of hydrogen-bond acceptors (Lipinski definition) is 4. The molecule has 0 fully saturated rings. The molecule has 2 aromatic rings. The van der Waals surface area contributed by atoms with Crippen molar-refractivity contribution < 1.29 is 5.11 Å². The van der Waals surface area contributed by atoms with Crippen LogP contribution in [-0.4, -0.2) is 31.3 Å². The zero-order chi connectivity index (χ0) is 10.1. The highest BCUT2D eigenvalue weighted by atomic mass is 32.1. The maximum atomic E-state index is 8.73. The molecular weight excluding hydrogens is 200 g/mol. The molecule has 5 nitrogen and oxygen atoms in total. The van der Waals surface area contributed by atoms with Crippen molar-refractivity contribution in [3.05, 3.63) is 17.6 Å². The Bertz CT molecular complexity index is 468. The molecule has 0 spiro atoms. The number of aromatic nitrogens is 4. The normalized spacial score (nSPS) is 11.0. The summed E-state index contributed by atoms with van der Waals surface area (Å²) in [4.78, 5) is 8.32. The van der Waals surface area contributed by atoms with Crippen LogP contribution in [0.15, 0.2) is 11.1 Å². The Hall–Kier alpha value is -1.27. The van der Waals surface area contributed by atoms with Gasteiger partial charge in [-0.05, 0) is 13.0 Å². The quantitative estimate of drug-likeness (QED) is 0.732. The third kappa shape index (κ3) is 1.53. The van der Waals surface area contributed by atoms with Crippen molar-refractivity contribution >= 4 is 18.4 Å². The Morgan fingerprint density at radius 1 is 1.50 bits per heavy atom. The summed E-state index contributed by atoms with van der Waals surface area (Å²) in [5, 5.41) is 13.4. The van der Waals surface area contributed by atoms with E-state index in [1.807, 2.05) is 6.92 Å². The van der Waals surface area contributed by atoms with Crippen LogP contribution in [-0.2, 0) is 6.42 Å². The second-order valence-electron chi connectivity index (χ2n) is 2.95. The SMILES string of the molecule is Cc1cc([S])n2nc(CCO)nc2n1. The summed E-state index contributed by atoms with van der Waals surface area (Å²) >= 11 is 5.10. The van der Waals surface area contributed by atoms with Crippen LogP contribution >= 0.6 is 12.6 Å². The van der Waals surface area contributed by atoms with Gasteiger partial charge in [0.15, 0.2) is 5.82 Å². The summed E-state index contributed by atoms with van der Waals surface area (Å²) < 4.78 is 1.51. The molecule has 14 heavy (non-hydrogen) atoms. The first kappa shape index (κ1) is 9.29. The smallest absolute Gasteiger partial charge is 0.253 e. The van der Waals surface area contributed by atoms with Crippen LogP contribution in [0.1, 0.15) is 11.5 Å². The summed E-state index contributed by atoms with van der Waals surface area (Å²) in [7, 11) is 0. The van der Waals surface area contributed by atoms with Gasteiger partial charge in [-0.1, -0.05) is 12.6 Å². The number of hydrogen-bond donors (Lipinski definition) is 1. The van der Waals surface area contributed by atoms with Gasteiger partial charge in [-0.3, -0.25) is 0 Å². The number of aliphatic hydroxyl groups is 1. The van der Waals surface area contributed by atoms with Crippen LogP contribution in [0.25, 0.3) is 5.78 Å². The van der Waals surface area contributed by atoms with Crippen LogP contribution in [0, 0.1) is 6.92 Å². The van der Waals surface area contributed by atoms with E-state index in [2.05, 4.69) is 15.1 Å². The van der Waals surface area contributed by atoms with Crippen molar-refractivity contribution in [1.82, 2.24) is 19.6 Å². The van der Waals surface area contributed by atoms with Crippen molar-refractivity contribution in [3.8, 4) is 0 Å². The standard InChI is InChI=1S/C8H9N4OS/c1-5-4-7(14)12-8(9-5)10-6(11-12)2-3-13/h4,13H,2-3H2,1H3. The first-order valence-corrected chi connectivity index (χ1v) is 4.62. The van der Waals surface area contributed by atoms with E-state index in [9.17, 15) is 0 Å². The van der Waals surface area contributed by atoms with Gasteiger partial charge in [0, 0.05) is 12.1 Å². The van der Waals surface area contributed by atoms with Gasteiger partial charge in [0.2, 0.25) is 0 Å². The fourth-order valence-corrected chi connectivity index (χ4v) is 1.49. The second-order valence-corrected chi connectivity index (χ2v) is 3.37. The maximum absolute atomic E-state index is 8.73. The molecule has 1 N–H and O–H groups in total. The van der Waals surface area contributed by atoms with Gasteiger partial charge < -0.3 is 5.11 Å². The van der Waals surface area contributed by atoms with E-state index in [4.69, 9.17) is 17.7 Å². The number of rotatable bonds is 2. The summed E-state index contributed by atoms with van der Waals surface area (Å²) in [6, 6.07) is 1.76. The monoisotopic (exact) mass is 209 g/mol. The van der Waals surface area contributed by atoms with Gasteiger partial charge in [-0.25, -0.2) is 4.98 Å². The lowest BCUT2D eigenvalue weighted by atomic mass is 10.4. The van der Waals surface area contributed by atoms with Crippen molar-refractivity contribution in [3.63, 3.8) is 0 Å². The summed E-state index contributed by atoms with van der Waals surface area (Å²) in [6.07, 6.45) is 0.428. The molecule has 0 unspecified atom stereocenters. The minimum Gasteiger partial charge on any atom is -0.396 e. The lowest BCUT2D eigenvalue weighted by molar-refractivity contribution is 0.296. The Morgan fingerprint density at radius 3 is 3.00 bits per heavy atom. The highest BCUT2D eigenvalue weighted by molar-refractivity contribution is 7.80. The molecule has 0 saturated carbocycles. The number of aliphatic hydroxyl groups excluding tert-OH is 1. The highest BCUT2D eigenvalue weighted by Crippen LogP contribution is 2.09. The third-order valence-electron chi connectivity index (χ3n) is 1.79. The van der Waals surface area contributed by atoms with Gasteiger partial charge in [-0.15, -0.1) is 5.10 Å². The van der Waals surface area contributed by atoms with Crippen LogP contribution in [0.5, 0.6) is 0 Å². The van der Waals surface area contributed by atoms with Crippen LogP contribution in [0.4, 0.5) is 0 Å². The third-order valence-corrected chi connectivity index (χ3v) is 2.08. The maximum Gasteiger partial charge on any atom is 0.253 e. The molecule has 2 rings (SSSR count). The molecule has 2 aromatic heterocycles. The average Bonchev–Trinajstić information content (AvgIpc) is 2.48. The van der Waals surface area contributed by atoms with Gasteiger partial charge in [0.1, 0.15) is 5.03 Å². The molecular formula is C8H9N4OS. The summed E-state index contributed by atoms with van der Waals surface area (Å²) in [5.74, 6) is 1.06. The Kier molecular flexibility index (Phi) is 2.30. The predicted octanol–water partition coefficient (Wildman–Crippen LogP) is 0.524. The molecule has 0 atom stereocenters.